The van der Waals surface area contributed by atoms with E-state index in [-0.39, 0.29) is 16.8 Å². The van der Waals surface area contributed by atoms with Gasteiger partial charge in [0.05, 0.1) is 10.9 Å². The highest BCUT2D eigenvalue weighted by atomic mass is 32.2. The van der Waals surface area contributed by atoms with Crippen LogP contribution in [0.4, 0.5) is 0 Å². The number of aryl methyl sites for hydroxylation is 1. The van der Waals surface area contributed by atoms with Crippen molar-refractivity contribution < 1.29 is 13.2 Å². The third-order valence-electron chi connectivity index (χ3n) is 2.69. The topological polar surface area (TPSA) is 54.5 Å². The molecule has 1 aromatic rings. The number of carbonyl (C=O) groups excluding carboxylic acids is 1. The molecule has 0 aliphatic carbocycles. The molecule has 1 heterocycles. The molecule has 0 aromatic heterocycles. The summed E-state index contributed by atoms with van der Waals surface area (Å²) in [6.07, 6.45) is 0.311. The van der Waals surface area contributed by atoms with Crippen LogP contribution in [0.25, 0.3) is 0 Å². The Bertz CT molecular complexity index is 519. The monoisotopic (exact) mass is 239 g/mol. The molecule has 16 heavy (non-hydrogen) atoms. The molecule has 1 aliphatic heterocycles. The van der Waals surface area contributed by atoms with Gasteiger partial charge in [0.25, 0.3) is 10.0 Å². The van der Waals surface area contributed by atoms with Gasteiger partial charge in [-0.15, -0.1) is 0 Å². The van der Waals surface area contributed by atoms with Gasteiger partial charge in [0, 0.05) is 6.42 Å². The molecule has 0 bridgehead atoms. The van der Waals surface area contributed by atoms with Crippen molar-refractivity contribution in [1.29, 1.82) is 0 Å². The van der Waals surface area contributed by atoms with E-state index >= 15 is 0 Å². The van der Waals surface area contributed by atoms with Crippen molar-refractivity contribution in [3.05, 3.63) is 29.8 Å². The van der Waals surface area contributed by atoms with Gasteiger partial charge in [-0.2, -0.15) is 0 Å². The summed E-state index contributed by atoms with van der Waals surface area (Å²) in [6, 6.07) is 6.29. The molecule has 1 unspecified atom stereocenters. The Morgan fingerprint density at radius 1 is 1.25 bits per heavy atom. The van der Waals surface area contributed by atoms with Gasteiger partial charge in [0.1, 0.15) is 0 Å². The predicted octanol–water partition coefficient (Wildman–Crippen LogP) is 1.30. The highest BCUT2D eigenvalue weighted by Gasteiger charge is 2.42. The SMILES string of the molecule is Cc1ccc(S(=O)(=O)N2C(=O)CC2C)cc1. The van der Waals surface area contributed by atoms with Crippen molar-refractivity contribution in [3.8, 4) is 0 Å². The lowest BCUT2D eigenvalue weighted by Gasteiger charge is -2.36. The highest BCUT2D eigenvalue weighted by Crippen LogP contribution is 2.27. The van der Waals surface area contributed by atoms with E-state index in [9.17, 15) is 13.2 Å². The summed E-state index contributed by atoms with van der Waals surface area (Å²) in [4.78, 5) is 11.5. The Labute approximate surface area is 94.9 Å². The van der Waals surface area contributed by atoms with E-state index in [2.05, 4.69) is 0 Å². The van der Waals surface area contributed by atoms with Crippen LogP contribution in [0.5, 0.6) is 0 Å². The van der Waals surface area contributed by atoms with Crippen LogP contribution in [0.1, 0.15) is 18.9 Å². The van der Waals surface area contributed by atoms with Gasteiger partial charge in [-0.3, -0.25) is 4.79 Å². The lowest BCUT2D eigenvalue weighted by Crippen LogP contribution is -2.53. The molecule has 1 aliphatic rings. The fraction of sp³-hybridized carbons (Fsp3) is 0.364. The molecule has 1 aromatic carbocycles. The molecule has 0 saturated carbocycles. The van der Waals surface area contributed by atoms with Crippen molar-refractivity contribution in [3.63, 3.8) is 0 Å². The molecule has 1 saturated heterocycles. The number of sulfonamides is 1. The van der Waals surface area contributed by atoms with Crippen molar-refractivity contribution >= 4 is 15.9 Å². The lowest BCUT2D eigenvalue weighted by atomic mass is 10.1. The van der Waals surface area contributed by atoms with Crippen molar-refractivity contribution in [2.24, 2.45) is 0 Å². The van der Waals surface area contributed by atoms with Crippen LogP contribution >= 0.6 is 0 Å². The Morgan fingerprint density at radius 3 is 2.25 bits per heavy atom. The second kappa shape index (κ2) is 3.59. The van der Waals surface area contributed by atoms with Crippen LogP contribution in [-0.4, -0.2) is 24.7 Å². The molecular weight excluding hydrogens is 226 g/mol. The summed E-state index contributed by atoms with van der Waals surface area (Å²) >= 11 is 0. The summed E-state index contributed by atoms with van der Waals surface area (Å²) in [5.41, 5.74) is 0.988. The number of benzene rings is 1. The van der Waals surface area contributed by atoms with E-state index < -0.39 is 10.0 Å². The van der Waals surface area contributed by atoms with E-state index in [4.69, 9.17) is 0 Å². The molecular formula is C11H13NO3S. The molecule has 86 valence electrons. The van der Waals surface area contributed by atoms with Gasteiger partial charge in [-0.1, -0.05) is 17.7 Å². The van der Waals surface area contributed by atoms with Crippen LogP contribution < -0.4 is 0 Å². The Balaban J connectivity index is 2.39. The fourth-order valence-corrected chi connectivity index (χ4v) is 3.35. The first-order valence-electron chi connectivity index (χ1n) is 5.07. The zero-order valence-corrected chi connectivity index (χ0v) is 9.99. The normalized spacial score (nSPS) is 20.8. The van der Waals surface area contributed by atoms with Gasteiger partial charge in [-0.25, -0.2) is 12.7 Å². The zero-order valence-electron chi connectivity index (χ0n) is 9.17. The molecule has 2 rings (SSSR count). The van der Waals surface area contributed by atoms with Gasteiger partial charge in [0.15, 0.2) is 0 Å². The first kappa shape index (κ1) is 11.1. The Hall–Kier alpha value is -1.36. The molecule has 0 spiro atoms. The zero-order chi connectivity index (χ0) is 11.9. The number of β-lactam (4-membered cyclic amide) rings is 1. The van der Waals surface area contributed by atoms with Crippen molar-refractivity contribution in [2.75, 3.05) is 0 Å². The smallest absolute Gasteiger partial charge is 0.266 e. The maximum atomic E-state index is 12.1. The summed E-state index contributed by atoms with van der Waals surface area (Å²) in [5, 5.41) is 0. The van der Waals surface area contributed by atoms with Gasteiger partial charge >= 0.3 is 0 Å². The largest absolute Gasteiger partial charge is 0.274 e. The summed E-state index contributed by atoms with van der Waals surface area (Å²) in [5.74, 6) is -0.326. The first-order chi connectivity index (χ1) is 7.43. The second-order valence-corrected chi connectivity index (χ2v) is 5.88. The number of carbonyl (C=O) groups is 1. The van der Waals surface area contributed by atoms with Crippen LogP contribution in [0.3, 0.4) is 0 Å². The van der Waals surface area contributed by atoms with Crippen molar-refractivity contribution in [2.45, 2.75) is 31.2 Å². The van der Waals surface area contributed by atoms with Gasteiger partial charge < -0.3 is 0 Å². The van der Waals surface area contributed by atoms with Crippen molar-refractivity contribution in [1.82, 2.24) is 4.31 Å². The minimum atomic E-state index is -3.63. The van der Waals surface area contributed by atoms with Crippen LogP contribution in [-0.2, 0) is 14.8 Å². The van der Waals surface area contributed by atoms with E-state index in [1.54, 1.807) is 19.1 Å². The van der Waals surface area contributed by atoms with E-state index in [0.29, 0.717) is 6.42 Å². The van der Waals surface area contributed by atoms with E-state index in [0.717, 1.165) is 9.87 Å². The molecule has 0 radical (unpaired) electrons. The van der Waals surface area contributed by atoms with E-state index in [1.807, 2.05) is 6.92 Å². The molecule has 1 amide bonds. The lowest BCUT2D eigenvalue weighted by molar-refractivity contribution is -0.136. The van der Waals surface area contributed by atoms with Crippen LogP contribution in [0, 0.1) is 6.92 Å². The second-order valence-electron chi connectivity index (χ2n) is 4.06. The first-order valence-corrected chi connectivity index (χ1v) is 6.51. The quantitative estimate of drug-likeness (QED) is 0.731. The maximum Gasteiger partial charge on any atom is 0.266 e. The summed E-state index contributed by atoms with van der Waals surface area (Å²) in [6.45, 7) is 3.61. The standard InChI is InChI=1S/C11H13NO3S/c1-8-3-5-10(6-4-8)16(14,15)12-9(2)7-11(12)13/h3-6,9H,7H2,1-2H3. The third kappa shape index (κ3) is 1.61. The number of hydrogen-bond acceptors (Lipinski definition) is 3. The molecule has 4 nitrogen and oxygen atoms in total. The number of nitrogens with zero attached hydrogens (tertiary/aromatic N) is 1. The average Bonchev–Trinajstić information content (AvgIpc) is 2.16. The Morgan fingerprint density at radius 2 is 1.81 bits per heavy atom. The number of hydrogen-bond donors (Lipinski definition) is 0. The average molecular weight is 239 g/mol. The third-order valence-corrected chi connectivity index (χ3v) is 4.64. The molecule has 0 N–H and O–H groups in total. The Kier molecular flexibility index (Phi) is 2.50. The van der Waals surface area contributed by atoms with Crippen LogP contribution in [0.15, 0.2) is 29.2 Å². The summed E-state index contributed by atoms with van der Waals surface area (Å²) in [7, 11) is -3.63. The molecule has 1 fully saturated rings. The minimum Gasteiger partial charge on any atom is -0.274 e. The van der Waals surface area contributed by atoms with Crippen LogP contribution in [0.2, 0.25) is 0 Å². The number of amides is 1. The predicted molar refractivity (Wildman–Crippen MR) is 59.3 cm³/mol. The number of rotatable bonds is 2. The molecule has 1 atom stereocenters. The van der Waals surface area contributed by atoms with Gasteiger partial charge in [-0.05, 0) is 26.0 Å². The minimum absolute atomic E-state index is 0.179. The summed E-state index contributed by atoms with van der Waals surface area (Å²) < 4.78 is 25.1. The fourth-order valence-electron chi connectivity index (χ4n) is 1.75. The maximum absolute atomic E-state index is 12.1. The highest BCUT2D eigenvalue weighted by molar-refractivity contribution is 7.89. The van der Waals surface area contributed by atoms with Gasteiger partial charge in [0.2, 0.25) is 5.91 Å². The van der Waals surface area contributed by atoms with E-state index in [1.165, 1.54) is 12.1 Å². The molecule has 5 heteroatoms.